The Bertz CT molecular complexity index is 936. The second-order valence-corrected chi connectivity index (χ2v) is 7.28. The predicted octanol–water partition coefficient (Wildman–Crippen LogP) is 6.03. The predicted molar refractivity (Wildman–Crippen MR) is 111 cm³/mol. The lowest BCUT2D eigenvalue weighted by Gasteiger charge is -2.24. The molecule has 0 unspecified atom stereocenters. The quantitative estimate of drug-likeness (QED) is 0.529. The first-order valence-corrected chi connectivity index (χ1v) is 10.1. The van der Waals surface area contributed by atoms with Gasteiger partial charge in [-0.25, -0.2) is 0 Å². The van der Waals surface area contributed by atoms with Crippen LogP contribution < -0.4 is 5.56 Å². The van der Waals surface area contributed by atoms with Crippen LogP contribution in [0.25, 0.3) is 21.7 Å². The first-order valence-electron chi connectivity index (χ1n) is 10.1. The van der Waals surface area contributed by atoms with Crippen molar-refractivity contribution in [1.82, 2.24) is 9.55 Å². The molecule has 0 radical (unpaired) electrons. The van der Waals surface area contributed by atoms with E-state index in [1.54, 1.807) is 0 Å². The molecular formula is C23H30N2O. The molecule has 1 fully saturated rings. The van der Waals surface area contributed by atoms with Gasteiger partial charge in [-0.3, -0.25) is 9.78 Å². The van der Waals surface area contributed by atoms with E-state index in [0.717, 1.165) is 40.9 Å². The molecule has 0 N–H and O–H groups in total. The Hall–Kier alpha value is -2.16. The summed E-state index contributed by atoms with van der Waals surface area (Å²) in [6, 6.07) is 8.61. The normalized spacial score (nSPS) is 15.0. The number of hydrogen-bond donors (Lipinski definition) is 0. The molecule has 26 heavy (non-hydrogen) atoms. The third-order valence-corrected chi connectivity index (χ3v) is 5.23. The standard InChI is InChI=1S/C20H22N2O.C3H8/c1-2-14-13-18-17(19-16(14)9-6-11-21-19)10-12-22(20(18)23)15-7-4-3-5-8-15;1-3-2/h6,9-13,15H,2-5,7-8H2,1H3;3H2,1-2H3. The number of benzene rings is 1. The smallest absolute Gasteiger partial charge is 0.258 e. The van der Waals surface area contributed by atoms with Crippen molar-refractivity contribution < 1.29 is 0 Å². The van der Waals surface area contributed by atoms with Gasteiger partial charge in [-0.1, -0.05) is 52.5 Å². The van der Waals surface area contributed by atoms with Crippen LogP contribution in [0.3, 0.4) is 0 Å². The first-order chi connectivity index (χ1) is 12.7. The third-order valence-electron chi connectivity index (χ3n) is 5.23. The van der Waals surface area contributed by atoms with E-state index in [0.29, 0.717) is 6.04 Å². The zero-order valence-corrected chi connectivity index (χ0v) is 16.3. The van der Waals surface area contributed by atoms with Crippen LogP contribution in [0.2, 0.25) is 0 Å². The minimum Gasteiger partial charge on any atom is -0.312 e. The van der Waals surface area contributed by atoms with E-state index in [1.165, 1.54) is 31.2 Å². The third kappa shape index (κ3) is 3.53. The second kappa shape index (κ2) is 8.48. The van der Waals surface area contributed by atoms with Crippen molar-refractivity contribution in [1.29, 1.82) is 0 Å². The summed E-state index contributed by atoms with van der Waals surface area (Å²) >= 11 is 0. The van der Waals surface area contributed by atoms with Gasteiger partial charge in [-0.05, 0) is 43.0 Å². The summed E-state index contributed by atoms with van der Waals surface area (Å²) in [4.78, 5) is 17.6. The molecule has 3 aromatic rings. The summed E-state index contributed by atoms with van der Waals surface area (Å²) in [5.41, 5.74) is 2.31. The Kier molecular flexibility index (Phi) is 6.08. The molecule has 4 rings (SSSR count). The molecule has 0 saturated heterocycles. The van der Waals surface area contributed by atoms with Gasteiger partial charge in [0.05, 0.1) is 5.52 Å². The lowest BCUT2D eigenvalue weighted by Crippen LogP contribution is -2.26. The number of fused-ring (bicyclic) bond motifs is 3. The van der Waals surface area contributed by atoms with Crippen molar-refractivity contribution >= 4 is 21.7 Å². The van der Waals surface area contributed by atoms with E-state index < -0.39 is 0 Å². The lowest BCUT2D eigenvalue weighted by atomic mass is 9.94. The summed E-state index contributed by atoms with van der Waals surface area (Å²) in [6.45, 7) is 6.39. The Morgan fingerprint density at radius 2 is 1.77 bits per heavy atom. The molecule has 0 spiro atoms. The fourth-order valence-electron chi connectivity index (χ4n) is 3.98. The zero-order valence-electron chi connectivity index (χ0n) is 16.3. The maximum absolute atomic E-state index is 13.1. The van der Waals surface area contributed by atoms with Gasteiger partial charge in [0.25, 0.3) is 5.56 Å². The molecule has 3 nitrogen and oxygen atoms in total. The average molecular weight is 351 g/mol. The second-order valence-electron chi connectivity index (χ2n) is 7.28. The Morgan fingerprint density at radius 1 is 1.04 bits per heavy atom. The summed E-state index contributed by atoms with van der Waals surface area (Å²) in [5.74, 6) is 0. The molecule has 0 bridgehead atoms. The fourth-order valence-corrected chi connectivity index (χ4v) is 3.98. The molecule has 2 heterocycles. The van der Waals surface area contributed by atoms with Crippen LogP contribution >= 0.6 is 0 Å². The van der Waals surface area contributed by atoms with Crippen molar-refractivity contribution in [3.05, 3.63) is 52.6 Å². The molecule has 0 aliphatic heterocycles. The Balaban J connectivity index is 0.000000613. The molecule has 3 heteroatoms. The average Bonchev–Trinajstić information content (AvgIpc) is 2.69. The Labute approximate surface area is 156 Å². The van der Waals surface area contributed by atoms with Crippen LogP contribution in [0.1, 0.15) is 70.9 Å². The summed E-state index contributed by atoms with van der Waals surface area (Å²) in [5, 5.41) is 2.97. The highest BCUT2D eigenvalue weighted by Crippen LogP contribution is 2.29. The number of nitrogens with zero attached hydrogens (tertiary/aromatic N) is 2. The number of aromatic nitrogens is 2. The van der Waals surface area contributed by atoms with E-state index in [4.69, 9.17) is 0 Å². The van der Waals surface area contributed by atoms with Crippen LogP contribution in [-0.4, -0.2) is 9.55 Å². The molecule has 0 amide bonds. The molecule has 138 valence electrons. The highest BCUT2D eigenvalue weighted by molar-refractivity contribution is 6.06. The fraction of sp³-hybridized carbons (Fsp3) is 0.478. The first kappa shape index (κ1) is 18.6. The van der Waals surface area contributed by atoms with Crippen molar-refractivity contribution in [2.45, 2.75) is 71.8 Å². The number of rotatable bonds is 2. The lowest BCUT2D eigenvalue weighted by molar-refractivity contribution is 0.347. The van der Waals surface area contributed by atoms with Gasteiger partial charge in [0, 0.05) is 34.6 Å². The molecule has 1 aliphatic carbocycles. The van der Waals surface area contributed by atoms with Gasteiger partial charge >= 0.3 is 0 Å². The van der Waals surface area contributed by atoms with Crippen molar-refractivity contribution in [2.75, 3.05) is 0 Å². The number of hydrogen-bond acceptors (Lipinski definition) is 2. The minimum absolute atomic E-state index is 0.150. The van der Waals surface area contributed by atoms with E-state index in [1.807, 2.05) is 23.0 Å². The zero-order chi connectivity index (χ0) is 18.5. The van der Waals surface area contributed by atoms with Crippen molar-refractivity contribution in [2.24, 2.45) is 0 Å². The highest BCUT2D eigenvalue weighted by Gasteiger charge is 2.18. The Morgan fingerprint density at radius 3 is 2.46 bits per heavy atom. The summed E-state index contributed by atoms with van der Waals surface area (Å²) in [6.07, 6.45) is 12.0. The van der Waals surface area contributed by atoms with E-state index in [9.17, 15) is 4.79 Å². The molecule has 0 atom stereocenters. The monoisotopic (exact) mass is 350 g/mol. The van der Waals surface area contributed by atoms with Crippen LogP contribution in [-0.2, 0) is 6.42 Å². The van der Waals surface area contributed by atoms with Crippen molar-refractivity contribution in [3.8, 4) is 0 Å². The van der Waals surface area contributed by atoms with Crippen molar-refractivity contribution in [3.63, 3.8) is 0 Å². The molecular weight excluding hydrogens is 320 g/mol. The summed E-state index contributed by atoms with van der Waals surface area (Å²) in [7, 11) is 0. The van der Waals surface area contributed by atoms with E-state index >= 15 is 0 Å². The topological polar surface area (TPSA) is 34.9 Å². The van der Waals surface area contributed by atoms with Gasteiger partial charge in [0.2, 0.25) is 0 Å². The SMILES string of the molecule is CCC.CCc1cc2c(=O)n(C3CCCCC3)ccc2c2ncccc12. The van der Waals surface area contributed by atoms with Crippen LogP contribution in [0.15, 0.2) is 41.5 Å². The molecule has 1 saturated carbocycles. The molecule has 2 aromatic heterocycles. The van der Waals surface area contributed by atoms with E-state index in [2.05, 4.69) is 44.0 Å². The van der Waals surface area contributed by atoms with Crippen LogP contribution in [0.5, 0.6) is 0 Å². The molecule has 1 aromatic carbocycles. The maximum atomic E-state index is 13.1. The number of pyridine rings is 2. The summed E-state index contributed by atoms with van der Waals surface area (Å²) < 4.78 is 1.97. The largest absolute Gasteiger partial charge is 0.312 e. The highest BCUT2D eigenvalue weighted by atomic mass is 16.1. The van der Waals surface area contributed by atoms with Gasteiger partial charge < -0.3 is 4.57 Å². The maximum Gasteiger partial charge on any atom is 0.258 e. The minimum atomic E-state index is 0.150. The van der Waals surface area contributed by atoms with Gasteiger partial charge in [0.15, 0.2) is 0 Å². The van der Waals surface area contributed by atoms with Gasteiger partial charge in [-0.15, -0.1) is 0 Å². The van der Waals surface area contributed by atoms with Crippen LogP contribution in [0.4, 0.5) is 0 Å². The van der Waals surface area contributed by atoms with E-state index in [-0.39, 0.29) is 5.56 Å². The van der Waals surface area contributed by atoms with Crippen LogP contribution in [0, 0.1) is 0 Å². The van der Waals surface area contributed by atoms with Gasteiger partial charge in [-0.2, -0.15) is 0 Å². The number of aryl methyl sites for hydroxylation is 1. The van der Waals surface area contributed by atoms with Gasteiger partial charge in [0.1, 0.15) is 0 Å². The molecule has 1 aliphatic rings.